The fraction of sp³-hybridized carbons (Fsp3) is 0.579. The maximum absolute atomic E-state index is 12.5. The molecule has 0 aromatic heterocycles. The van der Waals surface area contributed by atoms with E-state index in [2.05, 4.69) is 17.1 Å². The predicted octanol–water partition coefficient (Wildman–Crippen LogP) is 1.95. The minimum absolute atomic E-state index is 0.0147. The van der Waals surface area contributed by atoms with Crippen molar-refractivity contribution in [3.8, 4) is 0 Å². The molecule has 2 unspecified atom stereocenters. The molecule has 3 rings (SSSR count). The van der Waals surface area contributed by atoms with Gasteiger partial charge in [-0.25, -0.2) is 0 Å². The highest BCUT2D eigenvalue weighted by atomic mass is 16.2. The zero-order chi connectivity index (χ0) is 17.1. The van der Waals surface area contributed by atoms with E-state index < -0.39 is 0 Å². The Balaban J connectivity index is 1.55. The molecule has 5 nitrogen and oxygen atoms in total. The largest absolute Gasteiger partial charge is 0.354 e. The monoisotopic (exact) mass is 329 g/mol. The second-order valence-corrected chi connectivity index (χ2v) is 6.91. The fourth-order valence-corrected chi connectivity index (χ4v) is 3.76. The lowest BCUT2D eigenvalue weighted by Crippen LogP contribution is -2.42. The van der Waals surface area contributed by atoms with Gasteiger partial charge >= 0.3 is 0 Å². The number of nitrogens with one attached hydrogen (secondary N) is 1. The van der Waals surface area contributed by atoms with Crippen LogP contribution in [0.2, 0.25) is 0 Å². The van der Waals surface area contributed by atoms with Crippen LogP contribution in [0.3, 0.4) is 0 Å². The highest BCUT2D eigenvalue weighted by molar-refractivity contribution is 6.00. The van der Waals surface area contributed by atoms with Crippen molar-refractivity contribution in [1.82, 2.24) is 10.2 Å². The van der Waals surface area contributed by atoms with Crippen LogP contribution in [0.1, 0.15) is 31.7 Å². The van der Waals surface area contributed by atoms with Gasteiger partial charge in [-0.2, -0.15) is 0 Å². The molecule has 0 radical (unpaired) electrons. The molecule has 1 N–H and O–H groups in total. The average molecular weight is 329 g/mol. The van der Waals surface area contributed by atoms with E-state index >= 15 is 0 Å². The van der Waals surface area contributed by atoms with Crippen LogP contribution in [0, 0.1) is 12.8 Å². The van der Waals surface area contributed by atoms with Gasteiger partial charge in [0.25, 0.3) is 0 Å². The molecule has 0 aliphatic carbocycles. The number of carbonyl (C=O) groups excluding carboxylic acids is 2. The van der Waals surface area contributed by atoms with E-state index in [4.69, 9.17) is 0 Å². The Kier molecular flexibility index (Phi) is 5.19. The first-order valence-corrected chi connectivity index (χ1v) is 8.97. The van der Waals surface area contributed by atoms with Crippen molar-refractivity contribution in [3.05, 3.63) is 29.8 Å². The summed E-state index contributed by atoms with van der Waals surface area (Å²) in [4.78, 5) is 28.9. The summed E-state index contributed by atoms with van der Waals surface area (Å²) in [5.41, 5.74) is 2.05. The van der Waals surface area contributed by atoms with Gasteiger partial charge in [0.2, 0.25) is 11.8 Å². The molecule has 2 atom stereocenters. The molecule has 2 heterocycles. The van der Waals surface area contributed by atoms with Crippen molar-refractivity contribution in [1.29, 1.82) is 0 Å². The van der Waals surface area contributed by atoms with E-state index in [1.54, 1.807) is 4.90 Å². The molecule has 0 bridgehead atoms. The molecular formula is C19H27N3O2. The molecule has 24 heavy (non-hydrogen) atoms. The summed E-state index contributed by atoms with van der Waals surface area (Å²) in [6.07, 6.45) is 2.66. The maximum atomic E-state index is 12.5. The number of anilines is 1. The van der Waals surface area contributed by atoms with Crippen LogP contribution in [0.15, 0.2) is 24.3 Å². The number of nitrogens with zero attached hydrogens (tertiary/aromatic N) is 2. The summed E-state index contributed by atoms with van der Waals surface area (Å²) in [5, 5.41) is 3.07. The molecule has 1 aromatic carbocycles. The maximum Gasteiger partial charge on any atom is 0.227 e. The Morgan fingerprint density at radius 2 is 2.04 bits per heavy atom. The number of likely N-dealkylation sites (tertiary alicyclic amines) is 1. The number of aryl methyl sites for hydroxylation is 1. The fourth-order valence-electron chi connectivity index (χ4n) is 3.76. The lowest BCUT2D eigenvalue weighted by Gasteiger charge is -2.23. The van der Waals surface area contributed by atoms with Gasteiger partial charge in [-0.15, -0.1) is 0 Å². The summed E-state index contributed by atoms with van der Waals surface area (Å²) in [7, 11) is 0. The van der Waals surface area contributed by atoms with Crippen LogP contribution in [0.4, 0.5) is 5.69 Å². The smallest absolute Gasteiger partial charge is 0.227 e. The van der Waals surface area contributed by atoms with Gasteiger partial charge in [0, 0.05) is 31.2 Å². The molecule has 2 aliphatic rings. The van der Waals surface area contributed by atoms with Gasteiger partial charge < -0.3 is 10.2 Å². The topological polar surface area (TPSA) is 52.7 Å². The highest BCUT2D eigenvalue weighted by Gasteiger charge is 2.35. The summed E-state index contributed by atoms with van der Waals surface area (Å²) in [6, 6.07) is 8.34. The van der Waals surface area contributed by atoms with E-state index in [0.29, 0.717) is 25.6 Å². The van der Waals surface area contributed by atoms with Crippen LogP contribution in [0.5, 0.6) is 0 Å². The Hall–Kier alpha value is -1.88. The van der Waals surface area contributed by atoms with Gasteiger partial charge in [-0.1, -0.05) is 24.6 Å². The zero-order valence-corrected chi connectivity index (χ0v) is 14.6. The summed E-state index contributed by atoms with van der Waals surface area (Å²) < 4.78 is 0. The Bertz CT molecular complexity index is 599. The quantitative estimate of drug-likeness (QED) is 0.898. The Morgan fingerprint density at radius 3 is 2.75 bits per heavy atom. The summed E-state index contributed by atoms with van der Waals surface area (Å²) >= 11 is 0. The van der Waals surface area contributed by atoms with Crippen LogP contribution >= 0.6 is 0 Å². The van der Waals surface area contributed by atoms with Gasteiger partial charge in [0.05, 0.1) is 5.92 Å². The SMILES string of the molecule is CCN1CCCC1CNC(=O)C1CC(=O)N(c2ccc(C)cc2)C1. The summed E-state index contributed by atoms with van der Waals surface area (Å²) in [5.74, 6) is -0.189. The third-order valence-corrected chi connectivity index (χ3v) is 5.26. The first-order chi connectivity index (χ1) is 11.6. The second-order valence-electron chi connectivity index (χ2n) is 6.91. The molecule has 2 aliphatic heterocycles. The molecule has 2 fully saturated rings. The van der Waals surface area contributed by atoms with E-state index in [0.717, 1.165) is 30.8 Å². The number of benzene rings is 1. The number of likely N-dealkylation sites (N-methyl/N-ethyl adjacent to an activating group) is 1. The van der Waals surface area contributed by atoms with Crippen molar-refractivity contribution in [2.45, 2.75) is 39.2 Å². The highest BCUT2D eigenvalue weighted by Crippen LogP contribution is 2.25. The average Bonchev–Trinajstić information content (AvgIpc) is 3.19. The number of rotatable bonds is 5. The van der Waals surface area contributed by atoms with Crippen molar-refractivity contribution in [2.24, 2.45) is 5.92 Å². The molecular weight excluding hydrogens is 302 g/mol. The van der Waals surface area contributed by atoms with Gasteiger partial charge in [0.1, 0.15) is 0 Å². The van der Waals surface area contributed by atoms with Crippen molar-refractivity contribution in [2.75, 3.05) is 31.1 Å². The predicted molar refractivity (Wildman–Crippen MR) is 94.9 cm³/mol. The van der Waals surface area contributed by atoms with Crippen molar-refractivity contribution >= 4 is 17.5 Å². The standard InChI is InChI=1S/C19H27N3O2/c1-3-21-10-4-5-17(21)12-20-19(24)15-11-18(23)22(13-15)16-8-6-14(2)7-9-16/h6-9,15,17H,3-5,10-13H2,1-2H3,(H,20,24). The molecule has 2 saturated heterocycles. The first kappa shape index (κ1) is 17.0. The van der Waals surface area contributed by atoms with Crippen LogP contribution in [0.25, 0.3) is 0 Å². The normalized spacial score (nSPS) is 24.6. The zero-order valence-electron chi connectivity index (χ0n) is 14.6. The minimum atomic E-state index is -0.240. The molecule has 130 valence electrons. The second kappa shape index (κ2) is 7.34. The van der Waals surface area contributed by atoms with Crippen LogP contribution in [-0.2, 0) is 9.59 Å². The molecule has 5 heteroatoms. The van der Waals surface area contributed by atoms with Crippen molar-refractivity contribution < 1.29 is 9.59 Å². The molecule has 2 amide bonds. The Labute approximate surface area is 144 Å². The lowest BCUT2D eigenvalue weighted by molar-refractivity contribution is -0.126. The number of hydrogen-bond donors (Lipinski definition) is 1. The number of hydrogen-bond acceptors (Lipinski definition) is 3. The molecule has 0 spiro atoms. The van der Waals surface area contributed by atoms with E-state index in [9.17, 15) is 9.59 Å². The van der Waals surface area contributed by atoms with E-state index in [1.807, 2.05) is 31.2 Å². The van der Waals surface area contributed by atoms with Gasteiger partial charge in [0.15, 0.2) is 0 Å². The van der Waals surface area contributed by atoms with E-state index in [-0.39, 0.29) is 17.7 Å². The Morgan fingerprint density at radius 1 is 1.29 bits per heavy atom. The van der Waals surface area contributed by atoms with Crippen LogP contribution < -0.4 is 10.2 Å². The lowest BCUT2D eigenvalue weighted by atomic mass is 10.1. The first-order valence-electron chi connectivity index (χ1n) is 8.97. The van der Waals surface area contributed by atoms with Crippen molar-refractivity contribution in [3.63, 3.8) is 0 Å². The summed E-state index contributed by atoms with van der Waals surface area (Å²) in [6.45, 7) is 7.52. The molecule has 1 aromatic rings. The van der Waals surface area contributed by atoms with Gasteiger partial charge in [-0.3, -0.25) is 14.5 Å². The third-order valence-electron chi connectivity index (χ3n) is 5.26. The van der Waals surface area contributed by atoms with E-state index in [1.165, 1.54) is 6.42 Å². The number of carbonyl (C=O) groups is 2. The molecule has 0 saturated carbocycles. The third kappa shape index (κ3) is 3.61. The van der Waals surface area contributed by atoms with Crippen LogP contribution in [-0.4, -0.2) is 48.9 Å². The number of amides is 2. The van der Waals surface area contributed by atoms with Gasteiger partial charge in [-0.05, 0) is 45.0 Å². The minimum Gasteiger partial charge on any atom is -0.354 e.